The first-order valence-corrected chi connectivity index (χ1v) is 6.36. The molecule has 7 heteroatoms. The number of aliphatic carboxylic acids is 1. The molecule has 1 unspecified atom stereocenters. The fourth-order valence-electron chi connectivity index (χ4n) is 1.78. The maximum atomic E-state index is 12.5. The summed E-state index contributed by atoms with van der Waals surface area (Å²) < 4.78 is 37.6. The molecule has 1 aromatic rings. The van der Waals surface area contributed by atoms with Gasteiger partial charge in [0, 0.05) is 12.5 Å². The molecule has 0 spiro atoms. The van der Waals surface area contributed by atoms with E-state index in [9.17, 15) is 22.8 Å². The van der Waals surface area contributed by atoms with Gasteiger partial charge in [-0.2, -0.15) is 13.2 Å². The fraction of sp³-hybridized carbons (Fsp3) is 0.429. The molecule has 116 valence electrons. The summed E-state index contributed by atoms with van der Waals surface area (Å²) in [6, 6.07) is 4.22. The molecule has 0 aliphatic heterocycles. The van der Waals surface area contributed by atoms with Crippen LogP contribution in [0.3, 0.4) is 0 Å². The predicted molar refractivity (Wildman–Crippen MR) is 69.6 cm³/mol. The van der Waals surface area contributed by atoms with Crippen molar-refractivity contribution in [1.82, 2.24) is 5.32 Å². The van der Waals surface area contributed by atoms with Crippen LogP contribution in [0.15, 0.2) is 24.3 Å². The van der Waals surface area contributed by atoms with E-state index >= 15 is 0 Å². The van der Waals surface area contributed by atoms with Gasteiger partial charge in [0.25, 0.3) is 0 Å². The monoisotopic (exact) mass is 303 g/mol. The summed E-state index contributed by atoms with van der Waals surface area (Å²) in [5.74, 6) is -1.40. The van der Waals surface area contributed by atoms with Gasteiger partial charge in [-0.3, -0.25) is 9.59 Å². The van der Waals surface area contributed by atoms with Crippen LogP contribution in [0, 0.1) is 0 Å². The second-order valence-electron chi connectivity index (χ2n) is 4.78. The summed E-state index contributed by atoms with van der Waals surface area (Å²) in [4.78, 5) is 22.1. The van der Waals surface area contributed by atoms with Crippen molar-refractivity contribution in [3.63, 3.8) is 0 Å². The topological polar surface area (TPSA) is 66.4 Å². The van der Waals surface area contributed by atoms with Crippen molar-refractivity contribution in [2.75, 3.05) is 0 Å². The van der Waals surface area contributed by atoms with Crippen LogP contribution in [0.25, 0.3) is 0 Å². The largest absolute Gasteiger partial charge is 0.481 e. The Kier molecular flexibility index (Phi) is 5.75. The summed E-state index contributed by atoms with van der Waals surface area (Å²) in [6.07, 6.45) is -4.43. The van der Waals surface area contributed by atoms with Gasteiger partial charge in [0.1, 0.15) is 0 Å². The maximum Gasteiger partial charge on any atom is 0.416 e. The lowest BCUT2D eigenvalue weighted by Crippen LogP contribution is -2.34. The average molecular weight is 303 g/mol. The summed E-state index contributed by atoms with van der Waals surface area (Å²) in [5.41, 5.74) is -0.542. The number of carboxylic acids is 1. The van der Waals surface area contributed by atoms with Gasteiger partial charge in [-0.15, -0.1) is 0 Å². The Labute approximate surface area is 120 Å². The number of halogens is 3. The zero-order valence-electron chi connectivity index (χ0n) is 11.4. The number of rotatable bonds is 6. The van der Waals surface area contributed by atoms with Crippen molar-refractivity contribution in [1.29, 1.82) is 0 Å². The molecule has 0 saturated heterocycles. The van der Waals surface area contributed by atoms with Crippen LogP contribution >= 0.6 is 0 Å². The van der Waals surface area contributed by atoms with E-state index in [1.54, 1.807) is 6.92 Å². The van der Waals surface area contributed by atoms with Crippen LogP contribution in [0.4, 0.5) is 13.2 Å². The molecule has 0 bridgehead atoms. The molecule has 2 N–H and O–H groups in total. The van der Waals surface area contributed by atoms with Gasteiger partial charge in [0.05, 0.1) is 12.0 Å². The lowest BCUT2D eigenvalue weighted by Gasteiger charge is -2.13. The maximum absolute atomic E-state index is 12.5. The second-order valence-corrected chi connectivity index (χ2v) is 4.78. The van der Waals surface area contributed by atoms with E-state index < -0.39 is 23.6 Å². The van der Waals surface area contributed by atoms with E-state index in [0.29, 0.717) is 0 Å². The first kappa shape index (κ1) is 17.0. The highest BCUT2D eigenvalue weighted by atomic mass is 19.4. The Morgan fingerprint density at radius 1 is 1.33 bits per heavy atom. The van der Waals surface area contributed by atoms with E-state index in [0.717, 1.165) is 12.1 Å². The van der Waals surface area contributed by atoms with Crippen LogP contribution in [-0.4, -0.2) is 23.0 Å². The van der Waals surface area contributed by atoms with Gasteiger partial charge < -0.3 is 10.4 Å². The van der Waals surface area contributed by atoms with Crippen molar-refractivity contribution < 1.29 is 27.9 Å². The molecule has 0 radical (unpaired) electrons. The van der Waals surface area contributed by atoms with Crippen LogP contribution in [-0.2, 0) is 22.2 Å². The molecule has 1 aromatic carbocycles. The van der Waals surface area contributed by atoms with E-state index in [1.165, 1.54) is 12.1 Å². The molecule has 0 aliphatic carbocycles. The molecule has 4 nitrogen and oxygen atoms in total. The summed E-state index contributed by atoms with van der Waals surface area (Å²) >= 11 is 0. The minimum absolute atomic E-state index is 0.0784. The van der Waals surface area contributed by atoms with Gasteiger partial charge in [0.2, 0.25) is 5.91 Å². The van der Waals surface area contributed by atoms with Gasteiger partial charge in [0.15, 0.2) is 0 Å². The molecule has 0 fully saturated rings. The molecular formula is C14H16F3NO3. The Balaban J connectivity index is 2.57. The molecule has 1 rings (SSSR count). The van der Waals surface area contributed by atoms with Gasteiger partial charge in [-0.1, -0.05) is 18.2 Å². The number of amides is 1. The molecule has 1 atom stereocenters. The Hall–Kier alpha value is -2.05. The van der Waals surface area contributed by atoms with Crippen LogP contribution in [0.1, 0.15) is 30.9 Å². The van der Waals surface area contributed by atoms with Crippen molar-refractivity contribution in [3.05, 3.63) is 35.4 Å². The minimum Gasteiger partial charge on any atom is -0.481 e. The van der Waals surface area contributed by atoms with Crippen molar-refractivity contribution in [2.24, 2.45) is 0 Å². The third kappa shape index (κ3) is 6.29. The van der Waals surface area contributed by atoms with Crippen molar-refractivity contribution in [3.8, 4) is 0 Å². The third-order valence-corrected chi connectivity index (χ3v) is 2.82. The minimum atomic E-state index is -4.44. The number of carbonyl (C=O) groups is 2. The molecule has 0 aromatic heterocycles. The molecule has 1 amide bonds. The van der Waals surface area contributed by atoms with Crippen LogP contribution < -0.4 is 5.32 Å². The van der Waals surface area contributed by atoms with Gasteiger partial charge in [-0.25, -0.2) is 0 Å². The van der Waals surface area contributed by atoms with Crippen molar-refractivity contribution in [2.45, 2.75) is 38.4 Å². The molecule has 0 aliphatic rings. The Morgan fingerprint density at radius 3 is 2.57 bits per heavy atom. The molecule has 0 heterocycles. The third-order valence-electron chi connectivity index (χ3n) is 2.82. The summed E-state index contributed by atoms with van der Waals surface area (Å²) in [7, 11) is 0. The first-order chi connectivity index (χ1) is 9.68. The predicted octanol–water partition coefficient (Wildman–Crippen LogP) is 2.62. The highest BCUT2D eigenvalue weighted by Gasteiger charge is 2.30. The summed E-state index contributed by atoms with van der Waals surface area (Å²) in [5, 5.41) is 11.1. The lowest BCUT2D eigenvalue weighted by atomic mass is 10.1. The number of carboxylic acid groups (broad SMARTS) is 1. The van der Waals surface area contributed by atoms with Crippen LogP contribution in [0.2, 0.25) is 0 Å². The van der Waals surface area contributed by atoms with Crippen LogP contribution in [0.5, 0.6) is 0 Å². The number of nitrogens with one attached hydrogen (secondary N) is 1. The number of alkyl halides is 3. The number of benzene rings is 1. The zero-order chi connectivity index (χ0) is 16.0. The first-order valence-electron chi connectivity index (χ1n) is 6.36. The SMILES string of the molecule is CC(CCC(=O)O)NC(=O)Cc1cccc(C(F)(F)F)c1. The number of hydrogen-bond acceptors (Lipinski definition) is 2. The van der Waals surface area contributed by atoms with E-state index in [4.69, 9.17) is 5.11 Å². The highest BCUT2D eigenvalue weighted by molar-refractivity contribution is 5.79. The van der Waals surface area contributed by atoms with Crippen molar-refractivity contribution >= 4 is 11.9 Å². The molecule has 21 heavy (non-hydrogen) atoms. The molecular weight excluding hydrogens is 287 g/mol. The van der Waals surface area contributed by atoms with E-state index in [-0.39, 0.29) is 30.9 Å². The fourth-order valence-corrected chi connectivity index (χ4v) is 1.78. The van der Waals surface area contributed by atoms with Gasteiger partial charge in [-0.05, 0) is 25.0 Å². The normalized spacial score (nSPS) is 12.8. The smallest absolute Gasteiger partial charge is 0.416 e. The highest BCUT2D eigenvalue weighted by Crippen LogP contribution is 2.29. The zero-order valence-corrected chi connectivity index (χ0v) is 11.4. The van der Waals surface area contributed by atoms with E-state index in [1.807, 2.05) is 0 Å². The Morgan fingerprint density at radius 2 is 2.00 bits per heavy atom. The van der Waals surface area contributed by atoms with Gasteiger partial charge >= 0.3 is 12.1 Å². The standard InChI is InChI=1S/C14H16F3NO3/c1-9(5-6-13(20)21)18-12(19)8-10-3-2-4-11(7-10)14(15,16)17/h2-4,7,9H,5-6,8H2,1H3,(H,18,19)(H,20,21). The second kappa shape index (κ2) is 7.10. The molecule has 0 saturated carbocycles. The summed E-state index contributed by atoms with van der Waals surface area (Å²) in [6.45, 7) is 1.65. The number of hydrogen-bond donors (Lipinski definition) is 2. The quantitative estimate of drug-likeness (QED) is 0.849. The number of carbonyl (C=O) groups excluding carboxylic acids is 1. The Bertz CT molecular complexity index is 514. The average Bonchev–Trinajstić information content (AvgIpc) is 2.35. The lowest BCUT2D eigenvalue weighted by molar-refractivity contribution is -0.138. The van der Waals surface area contributed by atoms with E-state index in [2.05, 4.69) is 5.32 Å².